The maximum atomic E-state index is 5.08. The Hall–Kier alpha value is -0.510. The van der Waals surface area contributed by atoms with Crippen LogP contribution in [0.1, 0.15) is 24.4 Å². The molecule has 88 valence electrons. The second-order valence-corrected chi connectivity index (χ2v) is 5.16. The average molecular weight is 237 g/mol. The minimum atomic E-state index is 0.501. The summed E-state index contributed by atoms with van der Waals surface area (Å²) in [4.78, 5) is 1.44. The summed E-state index contributed by atoms with van der Waals surface area (Å²) in [5, 5.41) is 3.58. The number of benzene rings is 1. The third-order valence-electron chi connectivity index (χ3n) is 2.89. The van der Waals surface area contributed by atoms with E-state index in [1.807, 2.05) is 11.8 Å². The monoisotopic (exact) mass is 237 g/mol. The van der Waals surface area contributed by atoms with Crippen LogP contribution in [0.3, 0.4) is 0 Å². The fraction of sp³-hybridized carbons (Fsp3) is 0.538. The van der Waals surface area contributed by atoms with Crippen molar-refractivity contribution in [3.63, 3.8) is 0 Å². The van der Waals surface area contributed by atoms with Gasteiger partial charge in [0.25, 0.3) is 0 Å². The van der Waals surface area contributed by atoms with Gasteiger partial charge in [0.2, 0.25) is 0 Å². The predicted octanol–water partition coefficient (Wildman–Crippen LogP) is 2.85. The highest BCUT2D eigenvalue weighted by atomic mass is 32.2. The standard InChI is InChI=1S/C13H19NOS/c1-15-9-8-14-12-6-4-10-16-13-7-3-2-5-11(12)13/h2-3,5,7,12,14H,4,6,8-10H2,1H3. The summed E-state index contributed by atoms with van der Waals surface area (Å²) in [5.74, 6) is 1.24. The quantitative estimate of drug-likeness (QED) is 0.814. The van der Waals surface area contributed by atoms with E-state index in [-0.39, 0.29) is 0 Å². The zero-order valence-corrected chi connectivity index (χ0v) is 10.6. The number of ether oxygens (including phenoxy) is 1. The summed E-state index contributed by atoms with van der Waals surface area (Å²) in [5.41, 5.74) is 1.46. The third kappa shape index (κ3) is 3.00. The molecule has 1 unspecified atom stereocenters. The van der Waals surface area contributed by atoms with Gasteiger partial charge in [0.15, 0.2) is 0 Å². The van der Waals surface area contributed by atoms with Crippen molar-refractivity contribution in [3.8, 4) is 0 Å². The van der Waals surface area contributed by atoms with E-state index in [0.29, 0.717) is 6.04 Å². The molecule has 1 aliphatic heterocycles. The molecule has 0 spiro atoms. The minimum Gasteiger partial charge on any atom is -0.383 e. The van der Waals surface area contributed by atoms with Crippen LogP contribution in [0.25, 0.3) is 0 Å². The third-order valence-corrected chi connectivity index (χ3v) is 4.06. The summed E-state index contributed by atoms with van der Waals surface area (Å²) in [6.45, 7) is 1.71. The van der Waals surface area contributed by atoms with Crippen molar-refractivity contribution in [3.05, 3.63) is 29.8 Å². The highest BCUT2D eigenvalue weighted by molar-refractivity contribution is 7.99. The molecule has 0 saturated carbocycles. The van der Waals surface area contributed by atoms with Crippen molar-refractivity contribution in [2.75, 3.05) is 26.0 Å². The van der Waals surface area contributed by atoms with Crippen LogP contribution in [-0.2, 0) is 4.74 Å². The van der Waals surface area contributed by atoms with E-state index < -0.39 is 0 Å². The summed E-state index contributed by atoms with van der Waals surface area (Å²) in [6, 6.07) is 9.24. The molecule has 0 aliphatic carbocycles. The number of hydrogen-bond acceptors (Lipinski definition) is 3. The van der Waals surface area contributed by atoms with Crippen molar-refractivity contribution in [2.45, 2.75) is 23.8 Å². The van der Waals surface area contributed by atoms with Crippen molar-refractivity contribution >= 4 is 11.8 Å². The maximum Gasteiger partial charge on any atom is 0.0587 e. The fourth-order valence-corrected chi connectivity index (χ4v) is 3.15. The molecule has 2 nitrogen and oxygen atoms in total. The van der Waals surface area contributed by atoms with Gasteiger partial charge in [-0.25, -0.2) is 0 Å². The highest BCUT2D eigenvalue weighted by Crippen LogP contribution is 2.34. The Labute approximate surface area is 102 Å². The van der Waals surface area contributed by atoms with Gasteiger partial charge in [0.05, 0.1) is 6.61 Å². The van der Waals surface area contributed by atoms with Gasteiger partial charge in [-0.2, -0.15) is 0 Å². The van der Waals surface area contributed by atoms with Gasteiger partial charge in [-0.3, -0.25) is 0 Å². The van der Waals surface area contributed by atoms with Crippen LogP contribution in [0.2, 0.25) is 0 Å². The molecule has 0 radical (unpaired) electrons. The first kappa shape index (κ1) is 12.0. The average Bonchev–Trinajstić information content (AvgIpc) is 2.52. The molecule has 1 aromatic rings. The van der Waals surface area contributed by atoms with Crippen molar-refractivity contribution in [1.82, 2.24) is 5.32 Å². The van der Waals surface area contributed by atoms with E-state index in [4.69, 9.17) is 4.74 Å². The number of rotatable bonds is 4. The molecule has 1 N–H and O–H groups in total. The Balaban J connectivity index is 2.06. The number of methoxy groups -OCH3 is 1. The lowest BCUT2D eigenvalue weighted by molar-refractivity contribution is 0.195. The second-order valence-electron chi connectivity index (χ2n) is 4.03. The summed E-state index contributed by atoms with van der Waals surface area (Å²) in [6.07, 6.45) is 2.51. The van der Waals surface area contributed by atoms with Crippen molar-refractivity contribution < 1.29 is 4.74 Å². The van der Waals surface area contributed by atoms with E-state index in [9.17, 15) is 0 Å². The van der Waals surface area contributed by atoms with Gasteiger partial charge >= 0.3 is 0 Å². The zero-order valence-electron chi connectivity index (χ0n) is 9.74. The molecule has 0 fully saturated rings. The van der Waals surface area contributed by atoms with Crippen LogP contribution in [-0.4, -0.2) is 26.0 Å². The molecular weight excluding hydrogens is 218 g/mol. The van der Waals surface area contributed by atoms with Gasteiger partial charge in [-0.05, 0) is 30.2 Å². The molecule has 1 atom stereocenters. The van der Waals surface area contributed by atoms with Gasteiger partial charge in [0.1, 0.15) is 0 Å². The highest BCUT2D eigenvalue weighted by Gasteiger charge is 2.17. The first-order valence-electron chi connectivity index (χ1n) is 5.86. The van der Waals surface area contributed by atoms with Gasteiger partial charge in [-0.1, -0.05) is 18.2 Å². The van der Waals surface area contributed by atoms with E-state index >= 15 is 0 Å². The molecule has 2 rings (SSSR count). The fourth-order valence-electron chi connectivity index (χ4n) is 2.07. The molecule has 16 heavy (non-hydrogen) atoms. The molecule has 1 heterocycles. The molecule has 0 bridgehead atoms. The lowest BCUT2D eigenvalue weighted by atomic mass is 10.0. The van der Waals surface area contributed by atoms with Crippen LogP contribution in [0.15, 0.2) is 29.2 Å². The Kier molecular flexibility index (Phi) is 4.69. The normalized spacial score (nSPS) is 20.2. The molecule has 1 aromatic carbocycles. The first-order valence-corrected chi connectivity index (χ1v) is 6.84. The topological polar surface area (TPSA) is 21.3 Å². The zero-order chi connectivity index (χ0) is 11.2. The van der Waals surface area contributed by atoms with Crippen LogP contribution in [0.5, 0.6) is 0 Å². The molecule has 1 aliphatic rings. The van der Waals surface area contributed by atoms with Crippen molar-refractivity contribution in [2.24, 2.45) is 0 Å². The summed E-state index contributed by atoms with van der Waals surface area (Å²) < 4.78 is 5.08. The van der Waals surface area contributed by atoms with Gasteiger partial charge in [0, 0.05) is 24.6 Å². The van der Waals surface area contributed by atoms with Gasteiger partial charge < -0.3 is 10.1 Å². The summed E-state index contributed by atoms with van der Waals surface area (Å²) in [7, 11) is 1.75. The summed E-state index contributed by atoms with van der Waals surface area (Å²) >= 11 is 1.98. The van der Waals surface area contributed by atoms with Crippen LogP contribution >= 0.6 is 11.8 Å². The predicted molar refractivity (Wildman–Crippen MR) is 69.0 cm³/mol. The molecular formula is C13H19NOS. The Morgan fingerprint density at radius 2 is 2.31 bits per heavy atom. The number of nitrogens with one attached hydrogen (secondary N) is 1. The largest absolute Gasteiger partial charge is 0.383 e. The molecule has 3 heteroatoms. The van der Waals surface area contributed by atoms with E-state index in [0.717, 1.165) is 13.2 Å². The van der Waals surface area contributed by atoms with Crippen LogP contribution in [0, 0.1) is 0 Å². The minimum absolute atomic E-state index is 0.501. The lowest BCUT2D eigenvalue weighted by Gasteiger charge is -2.18. The maximum absolute atomic E-state index is 5.08. The van der Waals surface area contributed by atoms with Crippen LogP contribution in [0.4, 0.5) is 0 Å². The SMILES string of the molecule is COCCNC1CCCSc2ccccc21. The van der Waals surface area contributed by atoms with E-state index in [2.05, 4.69) is 29.6 Å². The number of thioether (sulfide) groups is 1. The smallest absolute Gasteiger partial charge is 0.0587 e. The van der Waals surface area contributed by atoms with E-state index in [1.165, 1.54) is 29.1 Å². The Bertz CT molecular complexity index is 329. The molecule has 0 amide bonds. The second kappa shape index (κ2) is 6.28. The van der Waals surface area contributed by atoms with Crippen LogP contribution < -0.4 is 5.32 Å². The number of hydrogen-bond donors (Lipinski definition) is 1. The Morgan fingerprint density at radius 3 is 3.19 bits per heavy atom. The molecule has 0 saturated heterocycles. The van der Waals surface area contributed by atoms with E-state index in [1.54, 1.807) is 7.11 Å². The Morgan fingerprint density at radius 1 is 1.44 bits per heavy atom. The van der Waals surface area contributed by atoms with Gasteiger partial charge in [-0.15, -0.1) is 11.8 Å². The first-order chi connectivity index (χ1) is 7.92. The lowest BCUT2D eigenvalue weighted by Crippen LogP contribution is -2.25. The molecule has 0 aromatic heterocycles. The number of fused-ring (bicyclic) bond motifs is 1. The van der Waals surface area contributed by atoms with Crippen molar-refractivity contribution in [1.29, 1.82) is 0 Å².